The molecule has 0 bridgehead atoms. The maximum Gasteiger partial charge on any atom is 0.303 e. The van der Waals surface area contributed by atoms with Crippen molar-refractivity contribution in [2.24, 2.45) is 0 Å². The van der Waals surface area contributed by atoms with Crippen LogP contribution in [0.4, 0.5) is 0 Å². The molecule has 1 aliphatic rings. The van der Waals surface area contributed by atoms with E-state index < -0.39 is 5.97 Å². The molecule has 0 saturated carbocycles. The average molecular weight is 291 g/mol. The second-order valence-electron chi connectivity index (χ2n) is 5.71. The summed E-state index contributed by atoms with van der Waals surface area (Å²) in [6.07, 6.45) is 4.56. The molecule has 0 radical (unpaired) electrons. The first-order valence-electron chi connectivity index (χ1n) is 7.84. The Bertz CT molecular complexity index is 415. The normalized spacial score (nSPS) is 18.2. The van der Waals surface area contributed by atoms with Gasteiger partial charge in [0.15, 0.2) is 0 Å². The lowest BCUT2D eigenvalue weighted by Gasteiger charge is -2.25. The van der Waals surface area contributed by atoms with Gasteiger partial charge in [0.25, 0.3) is 0 Å². The fourth-order valence-electron chi connectivity index (χ4n) is 2.76. The third kappa shape index (κ3) is 6.27. The molecule has 1 heterocycles. The Morgan fingerprint density at radius 2 is 2.10 bits per heavy atom. The Morgan fingerprint density at radius 1 is 1.29 bits per heavy atom. The molecule has 1 aromatic rings. The molecular weight excluding hydrogens is 266 g/mol. The summed E-state index contributed by atoms with van der Waals surface area (Å²) in [5, 5.41) is 8.71. The van der Waals surface area contributed by atoms with Crippen molar-refractivity contribution >= 4 is 5.97 Å². The predicted octanol–water partition coefficient (Wildman–Crippen LogP) is 2.92. The number of nitrogens with zero attached hydrogens (tertiary/aromatic N) is 1. The first-order chi connectivity index (χ1) is 10.2. The molecule has 21 heavy (non-hydrogen) atoms. The minimum Gasteiger partial charge on any atom is -0.481 e. The quantitative estimate of drug-likeness (QED) is 0.711. The van der Waals surface area contributed by atoms with Crippen molar-refractivity contribution in [1.29, 1.82) is 0 Å². The Morgan fingerprint density at radius 3 is 2.76 bits per heavy atom. The molecule has 1 unspecified atom stereocenters. The lowest BCUT2D eigenvalue weighted by atomic mass is 10.1. The molecule has 0 amide bonds. The van der Waals surface area contributed by atoms with E-state index in [0.717, 1.165) is 51.9 Å². The average Bonchev–Trinajstić information content (AvgIpc) is 2.97. The van der Waals surface area contributed by atoms with E-state index >= 15 is 0 Å². The topological polar surface area (TPSA) is 49.8 Å². The van der Waals surface area contributed by atoms with E-state index in [2.05, 4.69) is 29.2 Å². The van der Waals surface area contributed by atoms with Crippen molar-refractivity contribution in [3.05, 3.63) is 35.9 Å². The van der Waals surface area contributed by atoms with Crippen molar-refractivity contribution in [3.8, 4) is 0 Å². The second kappa shape index (κ2) is 8.80. The molecule has 1 aromatic carbocycles. The SMILES string of the molecule is O=C(O)CCCCN(Cc1ccccc1)CC1CCCO1. The van der Waals surface area contributed by atoms with Crippen molar-refractivity contribution in [3.63, 3.8) is 0 Å². The molecule has 116 valence electrons. The van der Waals surface area contributed by atoms with E-state index in [0.29, 0.717) is 6.10 Å². The number of ether oxygens (including phenoxy) is 1. The number of rotatable bonds is 9. The van der Waals surface area contributed by atoms with Crippen LogP contribution in [-0.4, -0.2) is 41.8 Å². The maximum atomic E-state index is 10.6. The summed E-state index contributed by atoms with van der Waals surface area (Å²) in [5.41, 5.74) is 1.30. The summed E-state index contributed by atoms with van der Waals surface area (Å²) < 4.78 is 5.73. The number of carbonyl (C=O) groups is 1. The van der Waals surface area contributed by atoms with Gasteiger partial charge >= 0.3 is 5.97 Å². The van der Waals surface area contributed by atoms with Crippen LogP contribution in [0.1, 0.15) is 37.7 Å². The lowest BCUT2D eigenvalue weighted by Crippen LogP contribution is -2.32. The van der Waals surface area contributed by atoms with Gasteiger partial charge < -0.3 is 9.84 Å². The molecule has 1 N–H and O–H groups in total. The number of benzene rings is 1. The van der Waals surface area contributed by atoms with Crippen LogP contribution in [0.3, 0.4) is 0 Å². The van der Waals surface area contributed by atoms with Gasteiger partial charge in [-0.2, -0.15) is 0 Å². The van der Waals surface area contributed by atoms with Crippen LogP contribution >= 0.6 is 0 Å². The summed E-state index contributed by atoms with van der Waals surface area (Å²) in [4.78, 5) is 13.0. The van der Waals surface area contributed by atoms with E-state index in [1.165, 1.54) is 5.56 Å². The summed E-state index contributed by atoms with van der Waals surface area (Å²) in [6.45, 7) is 3.67. The van der Waals surface area contributed by atoms with Gasteiger partial charge in [0.2, 0.25) is 0 Å². The van der Waals surface area contributed by atoms with E-state index in [1.807, 2.05) is 6.07 Å². The van der Waals surface area contributed by atoms with Gasteiger partial charge in [-0.25, -0.2) is 0 Å². The van der Waals surface area contributed by atoms with Gasteiger partial charge in [-0.3, -0.25) is 9.69 Å². The Hall–Kier alpha value is -1.39. The van der Waals surface area contributed by atoms with Gasteiger partial charge in [-0.05, 0) is 37.8 Å². The zero-order valence-electron chi connectivity index (χ0n) is 12.5. The van der Waals surface area contributed by atoms with Crippen LogP contribution in [0.25, 0.3) is 0 Å². The summed E-state index contributed by atoms with van der Waals surface area (Å²) in [6, 6.07) is 10.4. The minimum atomic E-state index is -0.705. The molecule has 1 fully saturated rings. The van der Waals surface area contributed by atoms with E-state index in [1.54, 1.807) is 0 Å². The molecule has 1 aliphatic heterocycles. The van der Waals surface area contributed by atoms with Crippen LogP contribution in [0.5, 0.6) is 0 Å². The second-order valence-corrected chi connectivity index (χ2v) is 5.71. The summed E-state index contributed by atoms with van der Waals surface area (Å²) in [7, 11) is 0. The van der Waals surface area contributed by atoms with Gasteiger partial charge in [-0.15, -0.1) is 0 Å². The molecule has 1 atom stereocenters. The first-order valence-corrected chi connectivity index (χ1v) is 7.84. The van der Waals surface area contributed by atoms with Crippen LogP contribution in [0.15, 0.2) is 30.3 Å². The third-order valence-electron chi connectivity index (χ3n) is 3.85. The highest BCUT2D eigenvalue weighted by molar-refractivity contribution is 5.66. The molecule has 2 rings (SSSR count). The molecule has 0 aliphatic carbocycles. The molecular formula is C17H25NO3. The Kier molecular flexibility index (Phi) is 6.70. The monoisotopic (exact) mass is 291 g/mol. The fourth-order valence-corrected chi connectivity index (χ4v) is 2.76. The molecule has 0 aromatic heterocycles. The number of carboxylic acids is 1. The van der Waals surface area contributed by atoms with Gasteiger partial charge in [0, 0.05) is 26.1 Å². The Balaban J connectivity index is 1.81. The Labute approximate surface area is 126 Å². The number of aliphatic carboxylic acids is 1. The highest BCUT2D eigenvalue weighted by Crippen LogP contribution is 2.15. The van der Waals surface area contributed by atoms with Crippen molar-refractivity contribution < 1.29 is 14.6 Å². The zero-order valence-corrected chi connectivity index (χ0v) is 12.5. The maximum absolute atomic E-state index is 10.6. The van der Waals surface area contributed by atoms with Crippen LogP contribution in [0, 0.1) is 0 Å². The fraction of sp³-hybridized carbons (Fsp3) is 0.588. The van der Waals surface area contributed by atoms with E-state index in [4.69, 9.17) is 9.84 Å². The lowest BCUT2D eigenvalue weighted by molar-refractivity contribution is -0.137. The number of hydrogen-bond donors (Lipinski definition) is 1. The highest BCUT2D eigenvalue weighted by Gasteiger charge is 2.19. The summed E-state index contributed by atoms with van der Waals surface area (Å²) >= 11 is 0. The van der Waals surface area contributed by atoms with Crippen LogP contribution in [-0.2, 0) is 16.1 Å². The predicted molar refractivity (Wildman–Crippen MR) is 82.2 cm³/mol. The first kappa shape index (κ1) is 16.0. The standard InChI is InChI=1S/C17H25NO3/c19-17(20)10-4-5-11-18(14-16-9-6-12-21-16)13-15-7-2-1-3-8-15/h1-3,7-8,16H,4-6,9-14H2,(H,19,20). The smallest absolute Gasteiger partial charge is 0.303 e. The molecule has 1 saturated heterocycles. The zero-order chi connectivity index (χ0) is 14.9. The number of hydrogen-bond acceptors (Lipinski definition) is 3. The van der Waals surface area contributed by atoms with E-state index in [-0.39, 0.29) is 6.42 Å². The van der Waals surface area contributed by atoms with Crippen molar-refractivity contribution in [2.45, 2.75) is 44.8 Å². The van der Waals surface area contributed by atoms with Gasteiger partial charge in [0.1, 0.15) is 0 Å². The van der Waals surface area contributed by atoms with Crippen LogP contribution in [0.2, 0.25) is 0 Å². The van der Waals surface area contributed by atoms with E-state index in [9.17, 15) is 4.79 Å². The summed E-state index contributed by atoms with van der Waals surface area (Å²) in [5.74, 6) is -0.705. The number of carboxylic acid groups (broad SMARTS) is 1. The van der Waals surface area contributed by atoms with Gasteiger partial charge in [-0.1, -0.05) is 30.3 Å². The highest BCUT2D eigenvalue weighted by atomic mass is 16.5. The number of unbranched alkanes of at least 4 members (excludes halogenated alkanes) is 1. The third-order valence-corrected chi connectivity index (χ3v) is 3.85. The molecule has 4 heteroatoms. The van der Waals surface area contributed by atoms with Gasteiger partial charge in [0.05, 0.1) is 6.10 Å². The van der Waals surface area contributed by atoms with Crippen molar-refractivity contribution in [2.75, 3.05) is 19.7 Å². The molecule has 0 spiro atoms. The minimum absolute atomic E-state index is 0.263. The largest absolute Gasteiger partial charge is 0.481 e. The van der Waals surface area contributed by atoms with Crippen molar-refractivity contribution in [1.82, 2.24) is 4.90 Å². The van der Waals surface area contributed by atoms with Crippen LogP contribution < -0.4 is 0 Å². The molecule has 4 nitrogen and oxygen atoms in total.